The molecule has 20 saturated carbocycles. The zero-order valence-electron chi connectivity index (χ0n) is 81.4. The lowest BCUT2D eigenvalue weighted by molar-refractivity contribution is -0.188. The third kappa shape index (κ3) is 16.0. The van der Waals surface area contributed by atoms with Gasteiger partial charge in [-0.2, -0.15) is 0 Å². The van der Waals surface area contributed by atoms with E-state index in [1.54, 1.807) is 0 Å². The lowest BCUT2D eigenvalue weighted by atomic mass is 9.65. The molecule has 12 nitrogen and oxygen atoms in total. The van der Waals surface area contributed by atoms with Crippen LogP contribution in [0, 0.1) is 205 Å². The SMILES string of the molecule is CCC(C)(C)C(=O)OC1(C(C)C)CC2CC1C1CCCC21.CCC(C)(C)C(=O)OC1(C)CC2CC1C1C3CCC(C3)C21.CCC(C)(C)C(=O)OC1(CC)CC2CC1C1C3CCC(C3)C21.CCC(C)(C)C(=O)OC1(CC)CC2CC1C1CCCC21.CCC(C)C(=O)OC1(C)CC2CC1C1CCCC21.CCC(C)C(=O)OC1(CC)CC2CC1C1CCCC21. The van der Waals surface area contributed by atoms with E-state index in [0.717, 1.165) is 227 Å². The largest absolute Gasteiger partial charge is 0.459 e. The van der Waals surface area contributed by atoms with E-state index in [4.69, 9.17) is 28.4 Å². The Kier molecular flexibility index (Phi) is 26.5. The summed E-state index contributed by atoms with van der Waals surface area (Å²) in [5, 5.41) is 0. The number of rotatable bonds is 22. The number of carbonyl (C=O) groups excluding carboxylic acids is 6. The van der Waals surface area contributed by atoms with Crippen LogP contribution >= 0.6 is 0 Å². The normalized spacial score (nSPS) is 46.0. The Morgan fingerprint density at radius 1 is 0.289 bits per heavy atom. The Labute approximate surface area is 737 Å². The first-order valence-corrected chi connectivity index (χ1v) is 52.6. The van der Waals surface area contributed by atoms with Crippen molar-refractivity contribution in [2.45, 2.75) is 443 Å². The van der Waals surface area contributed by atoms with Crippen LogP contribution in [0.2, 0.25) is 0 Å². The summed E-state index contributed by atoms with van der Waals surface area (Å²) in [6, 6.07) is 0. The lowest BCUT2D eigenvalue weighted by Crippen LogP contribution is -2.50. The molecule has 0 aromatic rings. The molecule has 0 aromatic heterocycles. The van der Waals surface area contributed by atoms with Crippen molar-refractivity contribution in [2.75, 3.05) is 0 Å². The van der Waals surface area contributed by atoms with Crippen molar-refractivity contribution in [2.24, 2.45) is 205 Å². The van der Waals surface area contributed by atoms with Crippen molar-refractivity contribution in [3.8, 4) is 0 Å². The fourth-order valence-electron chi connectivity index (χ4n) is 34.3. The monoisotopic (exact) mass is 1680 g/mol. The first kappa shape index (κ1) is 92.5. The van der Waals surface area contributed by atoms with Gasteiger partial charge in [0.2, 0.25) is 0 Å². The molecular weight excluding hydrogens is 1500 g/mol. The van der Waals surface area contributed by atoms with Gasteiger partial charge in [0.15, 0.2) is 0 Å². The number of hydrogen-bond acceptors (Lipinski definition) is 12. The average molecular weight is 1680 g/mol. The standard InChI is InChI=1S/C20H32O2.C19H30O2.C19H32O2.C18H30O2.C17H28O2.C16H26O2/c1-5-19(3,4)18(21)22-20(6-2)11-14-10-15(20)17-13-8-7-12(9-13)16(14)17;1-5-18(2,3)17(20)21-19(4)10-13-9-14(19)16-12-7-6-11(8-12)15(13)16;1-6-18(4,5)17(20)21-19(12(2)3)11-13-10-16(19)15-9-7-8-14(13)15;1-5-17(3,4)16(19)20-18(6-2)11-12-10-15(18)14-9-7-8-13(12)14;1-4-11(3)16(18)19-17(5-2)10-12-9-15(17)14-8-6-7-13(12)14;1-4-10(2)15(17)18-16(3)9-11-8-14(16)13-7-5-6-12(11)13/h12-17H,5-11H2,1-4H3;11-16H,5-10H2,1-4H3;12-16H,6-11H2,1-5H3;12-15H,5-11H2,1-4H3;11-15H,4-10H2,1-3H3;10-14H,4-9H2,1-3H3. The van der Waals surface area contributed by atoms with Gasteiger partial charge in [0.05, 0.1) is 33.5 Å². The van der Waals surface area contributed by atoms with E-state index >= 15 is 0 Å². The predicted molar refractivity (Wildman–Crippen MR) is 481 cm³/mol. The summed E-state index contributed by atoms with van der Waals surface area (Å²) in [5.74, 6) is 24.7. The quantitative estimate of drug-likeness (QED) is 0.0575. The fraction of sp³-hybridized carbons (Fsp3) is 0.945. The highest BCUT2D eigenvalue weighted by atomic mass is 16.6. The van der Waals surface area contributed by atoms with Gasteiger partial charge in [0, 0.05) is 35.5 Å². The number of esters is 6. The van der Waals surface area contributed by atoms with Gasteiger partial charge in [-0.3, -0.25) is 28.8 Å². The Bertz CT molecular complexity index is 3700. The maximum absolute atomic E-state index is 12.7. The average Bonchev–Trinajstić information content (AvgIpc) is 1.52. The molecular formula is C109H178O12. The molecule has 0 spiro atoms. The van der Waals surface area contributed by atoms with Crippen LogP contribution in [0.3, 0.4) is 0 Å². The van der Waals surface area contributed by atoms with Crippen molar-refractivity contribution in [1.29, 1.82) is 0 Å². The first-order chi connectivity index (χ1) is 57.2. The van der Waals surface area contributed by atoms with Crippen LogP contribution < -0.4 is 0 Å². The minimum Gasteiger partial charge on any atom is -0.459 e. The zero-order chi connectivity index (χ0) is 87.2. The van der Waals surface area contributed by atoms with Crippen LogP contribution in [-0.4, -0.2) is 69.4 Å². The number of ether oxygens (including phenoxy) is 6. The van der Waals surface area contributed by atoms with Crippen LogP contribution in [0.25, 0.3) is 0 Å². The summed E-state index contributed by atoms with van der Waals surface area (Å²) in [4.78, 5) is 74.9. The Morgan fingerprint density at radius 2 is 0.587 bits per heavy atom. The van der Waals surface area contributed by atoms with Crippen LogP contribution in [0.1, 0.15) is 410 Å². The molecule has 686 valence electrons. The smallest absolute Gasteiger partial charge is 0.312 e. The summed E-state index contributed by atoms with van der Waals surface area (Å²) >= 11 is 0. The van der Waals surface area contributed by atoms with Gasteiger partial charge in [0.25, 0.3) is 0 Å². The molecule has 0 aliphatic heterocycles. The second kappa shape index (κ2) is 34.6. The van der Waals surface area contributed by atoms with Crippen LogP contribution in [-0.2, 0) is 57.2 Å². The van der Waals surface area contributed by atoms with Gasteiger partial charge < -0.3 is 28.4 Å². The molecule has 20 fully saturated rings. The molecule has 0 saturated heterocycles. The van der Waals surface area contributed by atoms with Crippen molar-refractivity contribution >= 4 is 35.8 Å². The third-order valence-electron chi connectivity index (χ3n) is 42.8. The van der Waals surface area contributed by atoms with E-state index < -0.39 is 0 Å². The molecule has 0 aromatic carbocycles. The highest BCUT2D eigenvalue weighted by Crippen LogP contribution is 2.74. The third-order valence-corrected chi connectivity index (χ3v) is 42.8. The topological polar surface area (TPSA) is 158 Å². The first-order valence-electron chi connectivity index (χ1n) is 52.6. The van der Waals surface area contributed by atoms with Gasteiger partial charge in [-0.15, -0.1) is 0 Å². The van der Waals surface area contributed by atoms with E-state index in [9.17, 15) is 28.8 Å². The van der Waals surface area contributed by atoms with E-state index in [-0.39, 0.29) is 103 Å². The van der Waals surface area contributed by atoms with Gasteiger partial charge in [-0.1, -0.05) is 116 Å². The molecule has 20 aliphatic carbocycles. The molecule has 20 rings (SSSR count). The van der Waals surface area contributed by atoms with Crippen molar-refractivity contribution in [1.82, 2.24) is 0 Å². The second-order valence-corrected chi connectivity index (χ2v) is 49.8. The van der Waals surface area contributed by atoms with Gasteiger partial charge in [-0.05, 0) is 430 Å². The minimum atomic E-state index is -0.348. The summed E-state index contributed by atoms with van der Waals surface area (Å²) < 4.78 is 37.1. The lowest BCUT2D eigenvalue weighted by Gasteiger charge is -2.46. The Morgan fingerprint density at radius 3 is 1.02 bits per heavy atom. The van der Waals surface area contributed by atoms with Gasteiger partial charge >= 0.3 is 35.8 Å². The predicted octanol–water partition coefficient (Wildman–Crippen LogP) is 26.6. The van der Waals surface area contributed by atoms with Crippen molar-refractivity contribution < 1.29 is 57.2 Å². The summed E-state index contributed by atoms with van der Waals surface area (Å²) in [6.45, 7) is 48.3. The highest BCUT2D eigenvalue weighted by Gasteiger charge is 2.72. The Balaban J connectivity index is 0.000000113. The summed E-state index contributed by atoms with van der Waals surface area (Å²) in [5.41, 5.74) is -2.18. The van der Waals surface area contributed by atoms with E-state index in [1.807, 2.05) is 69.2 Å². The van der Waals surface area contributed by atoms with E-state index in [0.29, 0.717) is 41.4 Å². The highest BCUT2D eigenvalue weighted by molar-refractivity contribution is 5.78. The van der Waals surface area contributed by atoms with Crippen LogP contribution in [0.5, 0.6) is 0 Å². The zero-order valence-corrected chi connectivity index (χ0v) is 81.4. The molecule has 0 radical (unpaired) electrons. The summed E-state index contributed by atoms with van der Waals surface area (Å²) in [6.07, 6.45) is 48.7. The maximum atomic E-state index is 12.7. The number of hydrogen-bond donors (Lipinski definition) is 0. The number of fused-ring (bicyclic) bond motifs is 38. The van der Waals surface area contributed by atoms with Gasteiger partial charge in [-0.25, -0.2) is 0 Å². The molecule has 16 bridgehead atoms. The maximum Gasteiger partial charge on any atom is 0.312 e. The Hall–Kier alpha value is -3.18. The molecule has 36 atom stereocenters. The van der Waals surface area contributed by atoms with Crippen LogP contribution in [0.4, 0.5) is 0 Å². The number of carbonyl (C=O) groups is 6. The molecule has 0 amide bonds. The molecule has 0 N–H and O–H groups in total. The molecule has 121 heavy (non-hydrogen) atoms. The molecule has 12 heteroatoms. The minimum absolute atomic E-state index is 0.0276. The van der Waals surface area contributed by atoms with E-state index in [1.165, 1.54) is 154 Å². The fourth-order valence-corrected chi connectivity index (χ4v) is 34.3. The molecule has 20 aliphatic rings. The summed E-state index contributed by atoms with van der Waals surface area (Å²) in [7, 11) is 0. The van der Waals surface area contributed by atoms with Crippen LogP contribution in [0.15, 0.2) is 0 Å². The van der Waals surface area contributed by atoms with Crippen molar-refractivity contribution in [3.63, 3.8) is 0 Å². The second-order valence-electron chi connectivity index (χ2n) is 49.8. The van der Waals surface area contributed by atoms with Gasteiger partial charge in [0.1, 0.15) is 33.6 Å². The van der Waals surface area contributed by atoms with E-state index in [2.05, 4.69) is 90.0 Å². The molecule has 0 heterocycles. The molecule has 36 unspecified atom stereocenters. The van der Waals surface area contributed by atoms with Crippen molar-refractivity contribution in [3.05, 3.63) is 0 Å².